The zero-order valence-corrected chi connectivity index (χ0v) is 9.96. The number of H-pyrrole nitrogens is 1. The summed E-state index contributed by atoms with van der Waals surface area (Å²) in [5.74, 6) is 0.816. The number of aromatic nitrogens is 4. The number of anilines is 1. The number of rotatable bonds is 3. The Morgan fingerprint density at radius 2 is 2.06 bits per heavy atom. The Hall–Kier alpha value is -2.43. The van der Waals surface area contributed by atoms with Crippen LogP contribution < -0.4 is 5.32 Å². The fourth-order valence-electron chi connectivity index (χ4n) is 1.95. The van der Waals surface area contributed by atoms with Gasteiger partial charge in [0.25, 0.3) is 0 Å². The molecule has 2 aromatic heterocycles. The number of nitrogens with zero attached hydrogens (tertiary/aromatic N) is 3. The molecule has 1 atom stereocenters. The second kappa shape index (κ2) is 4.44. The summed E-state index contributed by atoms with van der Waals surface area (Å²) < 4.78 is 0. The molecule has 0 saturated heterocycles. The molecule has 0 aliphatic rings. The Balaban J connectivity index is 1.95. The van der Waals surface area contributed by atoms with Crippen LogP contribution in [0.25, 0.3) is 10.9 Å². The normalized spacial score (nSPS) is 12.5. The molecule has 3 aromatic rings. The van der Waals surface area contributed by atoms with Gasteiger partial charge in [-0.05, 0) is 19.1 Å². The van der Waals surface area contributed by atoms with Crippen LogP contribution in [0.1, 0.15) is 18.8 Å². The number of benzene rings is 1. The second-order valence-corrected chi connectivity index (χ2v) is 4.11. The van der Waals surface area contributed by atoms with Crippen LogP contribution in [0.4, 0.5) is 5.69 Å². The third kappa shape index (κ3) is 1.90. The summed E-state index contributed by atoms with van der Waals surface area (Å²) >= 11 is 0. The Labute approximate surface area is 104 Å². The van der Waals surface area contributed by atoms with Crippen molar-refractivity contribution in [3.63, 3.8) is 0 Å². The highest BCUT2D eigenvalue weighted by Gasteiger charge is 2.09. The molecule has 0 aliphatic heterocycles. The van der Waals surface area contributed by atoms with E-state index >= 15 is 0 Å². The van der Waals surface area contributed by atoms with E-state index in [4.69, 9.17) is 0 Å². The van der Waals surface area contributed by atoms with Crippen molar-refractivity contribution in [1.82, 2.24) is 20.2 Å². The lowest BCUT2D eigenvalue weighted by Gasteiger charge is -2.14. The lowest BCUT2D eigenvalue weighted by molar-refractivity contribution is 0.797. The summed E-state index contributed by atoms with van der Waals surface area (Å²) in [6.45, 7) is 2.04. The number of hydrogen-bond acceptors (Lipinski definition) is 4. The molecule has 5 heteroatoms. The van der Waals surface area contributed by atoms with Gasteiger partial charge in [-0.1, -0.05) is 18.2 Å². The number of pyridine rings is 1. The maximum absolute atomic E-state index is 4.34. The van der Waals surface area contributed by atoms with Crippen LogP contribution >= 0.6 is 0 Å². The topological polar surface area (TPSA) is 66.5 Å². The third-order valence-electron chi connectivity index (χ3n) is 2.86. The predicted molar refractivity (Wildman–Crippen MR) is 70.2 cm³/mol. The van der Waals surface area contributed by atoms with Gasteiger partial charge in [0.05, 0.1) is 11.6 Å². The predicted octanol–water partition coefficient (Wildman–Crippen LogP) is 2.53. The summed E-state index contributed by atoms with van der Waals surface area (Å²) in [6.07, 6.45) is 3.32. The average Bonchev–Trinajstić information content (AvgIpc) is 2.93. The van der Waals surface area contributed by atoms with E-state index in [1.807, 2.05) is 31.2 Å². The van der Waals surface area contributed by atoms with Gasteiger partial charge in [0, 0.05) is 17.3 Å². The van der Waals surface area contributed by atoms with Crippen molar-refractivity contribution >= 4 is 16.6 Å². The standard InChI is InChI=1S/C13H13N5/c1-9(13-15-8-16-18-13)17-12-6-7-14-11-5-3-2-4-10(11)12/h2-9H,1H3,(H,14,17)(H,15,16,18). The van der Waals surface area contributed by atoms with E-state index in [1.165, 1.54) is 6.33 Å². The molecule has 0 fully saturated rings. The number of hydrogen-bond donors (Lipinski definition) is 2. The van der Waals surface area contributed by atoms with Crippen molar-refractivity contribution in [2.24, 2.45) is 0 Å². The number of fused-ring (bicyclic) bond motifs is 1. The first-order chi connectivity index (χ1) is 8.84. The van der Waals surface area contributed by atoms with Gasteiger partial charge in [-0.2, -0.15) is 5.10 Å². The third-order valence-corrected chi connectivity index (χ3v) is 2.86. The van der Waals surface area contributed by atoms with E-state index in [-0.39, 0.29) is 6.04 Å². The molecule has 18 heavy (non-hydrogen) atoms. The van der Waals surface area contributed by atoms with Gasteiger partial charge in [-0.25, -0.2) is 4.98 Å². The highest BCUT2D eigenvalue weighted by Crippen LogP contribution is 2.24. The van der Waals surface area contributed by atoms with Crippen LogP contribution in [0.15, 0.2) is 42.9 Å². The fourth-order valence-corrected chi connectivity index (χ4v) is 1.95. The largest absolute Gasteiger partial charge is 0.375 e. The number of nitrogens with one attached hydrogen (secondary N) is 2. The van der Waals surface area contributed by atoms with Crippen molar-refractivity contribution in [3.05, 3.63) is 48.7 Å². The quantitative estimate of drug-likeness (QED) is 0.737. The second-order valence-electron chi connectivity index (χ2n) is 4.11. The Bertz CT molecular complexity index is 642. The summed E-state index contributed by atoms with van der Waals surface area (Å²) in [6, 6.07) is 10.1. The monoisotopic (exact) mass is 239 g/mol. The van der Waals surface area contributed by atoms with Gasteiger partial charge in [0.1, 0.15) is 12.2 Å². The first kappa shape index (κ1) is 10.7. The number of aromatic amines is 1. The minimum Gasteiger partial charge on any atom is -0.375 e. The molecule has 0 radical (unpaired) electrons. The van der Waals surface area contributed by atoms with Crippen molar-refractivity contribution < 1.29 is 0 Å². The minimum absolute atomic E-state index is 0.0679. The van der Waals surface area contributed by atoms with Crippen LogP contribution in [-0.4, -0.2) is 20.2 Å². The fraction of sp³-hybridized carbons (Fsp3) is 0.154. The maximum Gasteiger partial charge on any atom is 0.146 e. The van der Waals surface area contributed by atoms with E-state index < -0.39 is 0 Å². The van der Waals surface area contributed by atoms with E-state index in [9.17, 15) is 0 Å². The van der Waals surface area contributed by atoms with Crippen LogP contribution in [0, 0.1) is 0 Å². The van der Waals surface area contributed by atoms with E-state index in [0.29, 0.717) is 0 Å². The molecule has 5 nitrogen and oxygen atoms in total. The Morgan fingerprint density at radius 3 is 2.89 bits per heavy atom. The smallest absolute Gasteiger partial charge is 0.146 e. The molecule has 0 spiro atoms. The van der Waals surface area contributed by atoms with Gasteiger partial charge in [0.2, 0.25) is 0 Å². The molecule has 0 amide bonds. The molecule has 1 aromatic carbocycles. The average molecular weight is 239 g/mol. The van der Waals surface area contributed by atoms with Crippen molar-refractivity contribution in [1.29, 1.82) is 0 Å². The number of para-hydroxylation sites is 1. The van der Waals surface area contributed by atoms with Crippen LogP contribution in [0.3, 0.4) is 0 Å². The summed E-state index contributed by atoms with van der Waals surface area (Å²) in [5, 5.41) is 11.2. The molecular weight excluding hydrogens is 226 g/mol. The summed E-state index contributed by atoms with van der Waals surface area (Å²) in [5.41, 5.74) is 2.02. The van der Waals surface area contributed by atoms with Gasteiger partial charge >= 0.3 is 0 Å². The molecule has 2 heterocycles. The van der Waals surface area contributed by atoms with Crippen molar-refractivity contribution in [3.8, 4) is 0 Å². The van der Waals surface area contributed by atoms with Gasteiger partial charge in [-0.3, -0.25) is 10.1 Å². The van der Waals surface area contributed by atoms with Crippen molar-refractivity contribution in [2.45, 2.75) is 13.0 Å². The highest BCUT2D eigenvalue weighted by molar-refractivity contribution is 5.90. The SMILES string of the molecule is CC(Nc1ccnc2ccccc12)c1ncn[nH]1. The Kier molecular flexibility index (Phi) is 2.64. The molecule has 1 unspecified atom stereocenters. The van der Waals surface area contributed by atoms with Crippen LogP contribution in [0.2, 0.25) is 0 Å². The highest BCUT2D eigenvalue weighted by atomic mass is 15.2. The molecule has 2 N–H and O–H groups in total. The zero-order chi connectivity index (χ0) is 12.4. The minimum atomic E-state index is 0.0679. The molecule has 0 saturated carbocycles. The van der Waals surface area contributed by atoms with Gasteiger partial charge in [0.15, 0.2) is 0 Å². The van der Waals surface area contributed by atoms with E-state index in [1.54, 1.807) is 6.20 Å². The first-order valence-electron chi connectivity index (χ1n) is 5.80. The summed E-state index contributed by atoms with van der Waals surface area (Å²) in [7, 11) is 0. The van der Waals surface area contributed by atoms with E-state index in [0.717, 1.165) is 22.4 Å². The molecule has 0 aliphatic carbocycles. The van der Waals surface area contributed by atoms with Crippen molar-refractivity contribution in [2.75, 3.05) is 5.32 Å². The molecular formula is C13H13N5. The van der Waals surface area contributed by atoms with Crippen LogP contribution in [-0.2, 0) is 0 Å². The molecule has 3 rings (SSSR count). The first-order valence-corrected chi connectivity index (χ1v) is 5.80. The lowest BCUT2D eigenvalue weighted by atomic mass is 10.1. The van der Waals surface area contributed by atoms with E-state index in [2.05, 4.69) is 31.5 Å². The maximum atomic E-state index is 4.34. The summed E-state index contributed by atoms with van der Waals surface area (Å²) in [4.78, 5) is 8.48. The molecule has 90 valence electrons. The Morgan fingerprint density at radius 1 is 1.17 bits per heavy atom. The molecule has 0 bridgehead atoms. The zero-order valence-electron chi connectivity index (χ0n) is 9.96. The lowest BCUT2D eigenvalue weighted by Crippen LogP contribution is -2.08. The van der Waals surface area contributed by atoms with Gasteiger partial charge in [-0.15, -0.1) is 0 Å². The van der Waals surface area contributed by atoms with Crippen LogP contribution in [0.5, 0.6) is 0 Å². The van der Waals surface area contributed by atoms with Gasteiger partial charge < -0.3 is 5.32 Å².